The molecule has 3 heteroatoms. The molecule has 144 valence electrons. The number of carboxylic acids is 1. The van der Waals surface area contributed by atoms with Gasteiger partial charge in [0.15, 0.2) is 0 Å². The molecule has 0 saturated carbocycles. The number of hydrogen-bond donors (Lipinski definition) is 1. The average Bonchev–Trinajstić information content (AvgIpc) is 2.68. The maximum atomic E-state index is 11.7. The number of carboxylic acid groups (broad SMARTS) is 1. The minimum absolute atomic E-state index is 0.0619. The van der Waals surface area contributed by atoms with Gasteiger partial charge in [-0.1, -0.05) is 71.8 Å². The average molecular weight is 373 g/mol. The van der Waals surface area contributed by atoms with Gasteiger partial charge in [0.25, 0.3) is 0 Å². The number of aryl methyl sites for hydroxylation is 2. The zero-order valence-electron chi connectivity index (χ0n) is 16.6. The Kier molecular flexibility index (Phi) is 5.19. The Morgan fingerprint density at radius 1 is 1.04 bits per heavy atom. The van der Waals surface area contributed by atoms with Crippen molar-refractivity contribution in [2.45, 2.75) is 32.7 Å². The molecule has 0 spiro atoms. The van der Waals surface area contributed by atoms with Crippen LogP contribution in [-0.4, -0.2) is 29.1 Å². The van der Waals surface area contributed by atoms with E-state index in [1.807, 2.05) is 0 Å². The molecule has 0 bridgehead atoms. The third kappa shape index (κ3) is 3.67. The summed E-state index contributed by atoms with van der Waals surface area (Å²) in [5, 5.41) is 12.1. The lowest BCUT2D eigenvalue weighted by Gasteiger charge is -2.38. The summed E-state index contributed by atoms with van der Waals surface area (Å²) in [6.07, 6.45) is 1.68. The quantitative estimate of drug-likeness (QED) is 0.671. The maximum Gasteiger partial charge on any atom is 0.307 e. The van der Waals surface area contributed by atoms with Gasteiger partial charge in [0.05, 0.1) is 12.0 Å². The van der Waals surface area contributed by atoms with Gasteiger partial charge in [-0.05, 0) is 55.1 Å². The van der Waals surface area contributed by atoms with Gasteiger partial charge < -0.3 is 5.11 Å². The number of rotatable bonds is 4. The molecule has 0 amide bonds. The van der Waals surface area contributed by atoms with Crippen LogP contribution in [0.5, 0.6) is 0 Å². The Morgan fingerprint density at radius 2 is 1.75 bits per heavy atom. The molecule has 1 aliphatic heterocycles. The van der Waals surface area contributed by atoms with Crippen molar-refractivity contribution in [1.82, 2.24) is 4.90 Å². The standard InChI is InChI=1S/C25H27NO2/c1-17-13-18(2)15-21(14-17)24(26-12-6-9-20(16-26)25(27)28)23-11-5-8-19-7-3-4-10-22(19)23/h3-5,7-8,10-11,13-15,20,24H,6,9,12,16H2,1-2H3,(H,27,28). The van der Waals surface area contributed by atoms with E-state index >= 15 is 0 Å². The summed E-state index contributed by atoms with van der Waals surface area (Å²) in [7, 11) is 0. The van der Waals surface area contributed by atoms with Crippen molar-refractivity contribution < 1.29 is 9.90 Å². The largest absolute Gasteiger partial charge is 0.481 e. The van der Waals surface area contributed by atoms with Crippen LogP contribution >= 0.6 is 0 Å². The van der Waals surface area contributed by atoms with Gasteiger partial charge in [0.2, 0.25) is 0 Å². The summed E-state index contributed by atoms with van der Waals surface area (Å²) in [6.45, 7) is 5.78. The number of nitrogens with zero attached hydrogens (tertiary/aromatic N) is 1. The molecule has 3 aromatic carbocycles. The Balaban J connectivity index is 1.87. The van der Waals surface area contributed by atoms with Crippen LogP contribution in [0.15, 0.2) is 60.7 Å². The van der Waals surface area contributed by atoms with E-state index in [2.05, 4.69) is 79.4 Å². The summed E-state index contributed by atoms with van der Waals surface area (Å²) < 4.78 is 0. The first-order chi connectivity index (χ1) is 13.5. The molecule has 4 rings (SSSR count). The van der Waals surface area contributed by atoms with Gasteiger partial charge in [-0.2, -0.15) is 0 Å². The molecule has 3 nitrogen and oxygen atoms in total. The third-order valence-corrected chi connectivity index (χ3v) is 5.84. The fourth-order valence-electron chi connectivity index (χ4n) is 4.69. The monoisotopic (exact) mass is 373 g/mol. The summed E-state index contributed by atoms with van der Waals surface area (Å²) >= 11 is 0. The predicted octanol–water partition coefficient (Wildman–Crippen LogP) is 5.34. The van der Waals surface area contributed by atoms with Gasteiger partial charge in [-0.15, -0.1) is 0 Å². The zero-order valence-corrected chi connectivity index (χ0v) is 16.6. The van der Waals surface area contributed by atoms with Crippen molar-refractivity contribution in [3.05, 3.63) is 82.9 Å². The maximum absolute atomic E-state index is 11.7. The molecule has 0 radical (unpaired) electrons. The summed E-state index contributed by atoms with van der Waals surface area (Å²) in [5.41, 5.74) is 4.99. The molecule has 28 heavy (non-hydrogen) atoms. The summed E-state index contributed by atoms with van der Waals surface area (Å²) in [6, 6.07) is 21.7. The first-order valence-electron chi connectivity index (χ1n) is 10.1. The van der Waals surface area contributed by atoms with E-state index in [4.69, 9.17) is 0 Å². The predicted molar refractivity (Wildman–Crippen MR) is 114 cm³/mol. The van der Waals surface area contributed by atoms with E-state index in [1.54, 1.807) is 0 Å². The van der Waals surface area contributed by atoms with E-state index in [0.29, 0.717) is 6.54 Å². The van der Waals surface area contributed by atoms with Crippen LogP contribution in [0, 0.1) is 19.8 Å². The molecular weight excluding hydrogens is 346 g/mol. The highest BCUT2D eigenvalue weighted by molar-refractivity contribution is 5.86. The second-order valence-electron chi connectivity index (χ2n) is 8.06. The Labute approximate surface area is 166 Å². The Bertz CT molecular complexity index is 985. The fraction of sp³-hybridized carbons (Fsp3) is 0.320. The highest BCUT2D eigenvalue weighted by atomic mass is 16.4. The second-order valence-corrected chi connectivity index (χ2v) is 8.06. The lowest BCUT2D eigenvalue weighted by Crippen LogP contribution is -2.41. The molecule has 1 heterocycles. The van der Waals surface area contributed by atoms with E-state index in [-0.39, 0.29) is 12.0 Å². The van der Waals surface area contributed by atoms with Crippen LogP contribution < -0.4 is 0 Å². The minimum atomic E-state index is -0.679. The Hall–Kier alpha value is -2.65. The zero-order chi connectivity index (χ0) is 19.7. The molecule has 1 fully saturated rings. The Morgan fingerprint density at radius 3 is 2.50 bits per heavy atom. The van der Waals surface area contributed by atoms with Gasteiger partial charge >= 0.3 is 5.97 Å². The minimum Gasteiger partial charge on any atom is -0.481 e. The number of benzene rings is 3. The van der Waals surface area contributed by atoms with E-state index < -0.39 is 5.97 Å². The molecule has 1 aliphatic rings. The van der Waals surface area contributed by atoms with Crippen molar-refractivity contribution in [3.8, 4) is 0 Å². The number of fused-ring (bicyclic) bond motifs is 1. The molecule has 1 N–H and O–H groups in total. The number of piperidine rings is 1. The SMILES string of the molecule is Cc1cc(C)cc(C(c2cccc3ccccc23)N2CCCC(C(=O)O)C2)c1. The first kappa shape index (κ1) is 18.7. The van der Waals surface area contributed by atoms with Gasteiger partial charge in [-0.25, -0.2) is 0 Å². The second kappa shape index (κ2) is 7.76. The number of likely N-dealkylation sites (tertiary alicyclic amines) is 1. The van der Waals surface area contributed by atoms with Crippen molar-refractivity contribution in [2.24, 2.45) is 5.92 Å². The van der Waals surface area contributed by atoms with Crippen LogP contribution in [0.2, 0.25) is 0 Å². The molecule has 3 aromatic rings. The van der Waals surface area contributed by atoms with Crippen molar-refractivity contribution in [3.63, 3.8) is 0 Å². The highest BCUT2D eigenvalue weighted by Crippen LogP contribution is 2.37. The molecule has 0 aliphatic carbocycles. The molecule has 1 saturated heterocycles. The van der Waals surface area contributed by atoms with Crippen LogP contribution in [0.4, 0.5) is 0 Å². The van der Waals surface area contributed by atoms with Gasteiger partial charge in [0, 0.05) is 6.54 Å². The van der Waals surface area contributed by atoms with Crippen LogP contribution in [0.25, 0.3) is 10.8 Å². The van der Waals surface area contributed by atoms with Crippen molar-refractivity contribution in [1.29, 1.82) is 0 Å². The topological polar surface area (TPSA) is 40.5 Å². The van der Waals surface area contributed by atoms with Crippen LogP contribution in [-0.2, 0) is 4.79 Å². The smallest absolute Gasteiger partial charge is 0.307 e. The van der Waals surface area contributed by atoms with Gasteiger partial charge in [0.1, 0.15) is 0 Å². The number of hydrogen-bond acceptors (Lipinski definition) is 2. The molecule has 2 unspecified atom stereocenters. The molecule has 0 aromatic heterocycles. The van der Waals surface area contributed by atoms with Crippen molar-refractivity contribution >= 4 is 16.7 Å². The highest BCUT2D eigenvalue weighted by Gasteiger charge is 2.32. The lowest BCUT2D eigenvalue weighted by atomic mass is 9.88. The normalized spacial score (nSPS) is 18.9. The van der Waals surface area contributed by atoms with Crippen LogP contribution in [0.3, 0.4) is 0 Å². The third-order valence-electron chi connectivity index (χ3n) is 5.84. The summed E-state index contributed by atoms with van der Waals surface area (Å²) in [4.78, 5) is 14.1. The lowest BCUT2D eigenvalue weighted by molar-refractivity contribution is -0.143. The number of carbonyl (C=O) groups is 1. The number of aliphatic carboxylic acids is 1. The van der Waals surface area contributed by atoms with Gasteiger partial charge in [-0.3, -0.25) is 9.69 Å². The van der Waals surface area contributed by atoms with E-state index in [9.17, 15) is 9.90 Å². The first-order valence-corrected chi connectivity index (χ1v) is 10.1. The van der Waals surface area contributed by atoms with E-state index in [0.717, 1.165) is 19.4 Å². The van der Waals surface area contributed by atoms with E-state index in [1.165, 1.54) is 33.0 Å². The molecular formula is C25H27NO2. The molecule has 2 atom stereocenters. The fourth-order valence-corrected chi connectivity index (χ4v) is 4.69. The van der Waals surface area contributed by atoms with Crippen molar-refractivity contribution in [2.75, 3.05) is 13.1 Å². The van der Waals surface area contributed by atoms with Crippen LogP contribution in [0.1, 0.15) is 41.1 Å². The summed E-state index contributed by atoms with van der Waals surface area (Å²) in [5.74, 6) is -0.973.